The van der Waals surface area contributed by atoms with Gasteiger partial charge in [-0.15, -0.1) is 11.3 Å². The van der Waals surface area contributed by atoms with Crippen molar-refractivity contribution in [3.63, 3.8) is 0 Å². The first-order valence-electron chi connectivity index (χ1n) is 8.34. The molecule has 0 aliphatic rings. The predicted octanol–water partition coefficient (Wildman–Crippen LogP) is 5.77. The number of halogens is 4. The molecule has 3 aromatic rings. The van der Waals surface area contributed by atoms with E-state index in [4.69, 9.17) is 4.74 Å². The highest BCUT2D eigenvalue weighted by atomic mass is 32.1. The second-order valence-electron chi connectivity index (χ2n) is 6.01. The molecule has 3 rings (SSSR count). The van der Waals surface area contributed by atoms with Crippen molar-refractivity contribution >= 4 is 22.9 Å². The number of amides is 1. The average Bonchev–Trinajstić information content (AvgIpc) is 3.12. The van der Waals surface area contributed by atoms with E-state index in [0.29, 0.717) is 22.1 Å². The lowest BCUT2D eigenvalue weighted by molar-refractivity contribution is -0.0494. The summed E-state index contributed by atoms with van der Waals surface area (Å²) in [7, 11) is 0. The van der Waals surface area contributed by atoms with Gasteiger partial charge in [-0.05, 0) is 48.2 Å². The largest absolute Gasteiger partial charge is 0.486 e. The fourth-order valence-corrected chi connectivity index (χ4v) is 3.23. The number of ether oxygens (including phenoxy) is 2. The van der Waals surface area contributed by atoms with Crippen LogP contribution in [-0.4, -0.2) is 12.5 Å². The molecule has 0 spiro atoms. The zero-order valence-corrected chi connectivity index (χ0v) is 15.9. The Morgan fingerprint density at radius 3 is 2.62 bits per heavy atom. The summed E-state index contributed by atoms with van der Waals surface area (Å²) in [5.74, 6) is -2.31. The molecule has 1 aromatic heterocycles. The van der Waals surface area contributed by atoms with E-state index in [0.717, 1.165) is 17.4 Å². The Morgan fingerprint density at radius 1 is 1.10 bits per heavy atom. The summed E-state index contributed by atoms with van der Waals surface area (Å²) >= 11 is 1.11. The smallest absolute Gasteiger partial charge is 0.387 e. The minimum atomic E-state index is -3.02. The van der Waals surface area contributed by atoms with Gasteiger partial charge in [0, 0.05) is 11.6 Å². The van der Waals surface area contributed by atoms with Crippen LogP contribution >= 0.6 is 11.3 Å². The van der Waals surface area contributed by atoms with Crippen molar-refractivity contribution in [3.8, 4) is 11.5 Å². The average molecular weight is 425 g/mol. The van der Waals surface area contributed by atoms with Crippen molar-refractivity contribution < 1.29 is 31.8 Å². The Hall–Kier alpha value is -3.07. The fraction of sp³-hybridized carbons (Fsp3) is 0.150. The van der Waals surface area contributed by atoms with E-state index in [-0.39, 0.29) is 23.8 Å². The number of alkyl halides is 2. The highest BCUT2D eigenvalue weighted by Gasteiger charge is 2.15. The Kier molecular flexibility index (Phi) is 6.38. The van der Waals surface area contributed by atoms with E-state index in [9.17, 15) is 22.4 Å². The molecule has 0 aliphatic carbocycles. The van der Waals surface area contributed by atoms with Gasteiger partial charge in [0.05, 0.1) is 10.6 Å². The van der Waals surface area contributed by atoms with Gasteiger partial charge in [-0.25, -0.2) is 8.78 Å². The van der Waals surface area contributed by atoms with Crippen molar-refractivity contribution in [1.82, 2.24) is 0 Å². The van der Waals surface area contributed by atoms with Crippen LogP contribution < -0.4 is 14.8 Å². The van der Waals surface area contributed by atoms with E-state index in [1.54, 1.807) is 18.4 Å². The number of hydrogen-bond donors (Lipinski definition) is 1. The molecule has 1 N–H and O–H groups in total. The van der Waals surface area contributed by atoms with E-state index >= 15 is 0 Å². The van der Waals surface area contributed by atoms with Gasteiger partial charge < -0.3 is 14.8 Å². The monoisotopic (exact) mass is 425 g/mol. The summed E-state index contributed by atoms with van der Waals surface area (Å²) in [6.45, 7) is -1.35. The molecule has 0 saturated heterocycles. The molecular formula is C20H15F4NO3S. The standard InChI is InChI=1S/C20H15F4NO3S/c1-11-2-4-15(17(6-11)28-20(23)24)25-19(26)18-7-12(10-29-18)9-27-16-5-3-13(21)8-14(16)22/h2-8,10,20H,9H2,1H3,(H,25,26). The van der Waals surface area contributed by atoms with Gasteiger partial charge in [0.25, 0.3) is 5.91 Å². The van der Waals surface area contributed by atoms with Gasteiger partial charge >= 0.3 is 6.61 Å². The van der Waals surface area contributed by atoms with Gasteiger partial charge in [-0.3, -0.25) is 4.79 Å². The summed E-state index contributed by atoms with van der Waals surface area (Å²) in [4.78, 5) is 12.7. The van der Waals surface area contributed by atoms with Crippen molar-refractivity contribution in [2.75, 3.05) is 5.32 Å². The molecule has 9 heteroatoms. The third kappa shape index (κ3) is 5.47. The maximum absolute atomic E-state index is 13.6. The number of thiophene rings is 1. The van der Waals surface area contributed by atoms with Crippen molar-refractivity contribution in [1.29, 1.82) is 0 Å². The molecule has 2 aromatic carbocycles. The number of hydrogen-bond acceptors (Lipinski definition) is 4. The first kappa shape index (κ1) is 20.7. The summed E-state index contributed by atoms with van der Waals surface area (Å²) in [5, 5.41) is 4.17. The third-order valence-corrected chi connectivity index (χ3v) is 4.74. The Bertz CT molecular complexity index is 1020. The van der Waals surface area contributed by atoms with Gasteiger partial charge in [0.1, 0.15) is 18.2 Å². The second-order valence-corrected chi connectivity index (χ2v) is 6.93. The van der Waals surface area contributed by atoms with Gasteiger partial charge in [-0.1, -0.05) is 6.07 Å². The summed E-state index contributed by atoms with van der Waals surface area (Å²) < 4.78 is 61.4. The van der Waals surface area contributed by atoms with E-state index < -0.39 is 24.2 Å². The molecule has 0 radical (unpaired) electrons. The van der Waals surface area contributed by atoms with Crippen LogP contribution in [0.3, 0.4) is 0 Å². The highest BCUT2D eigenvalue weighted by Crippen LogP contribution is 2.29. The van der Waals surface area contributed by atoms with Crippen LogP contribution in [0.1, 0.15) is 20.8 Å². The van der Waals surface area contributed by atoms with Gasteiger partial charge in [0.15, 0.2) is 11.6 Å². The lowest BCUT2D eigenvalue weighted by Gasteiger charge is -2.12. The van der Waals surface area contributed by atoms with Crippen molar-refractivity contribution in [2.45, 2.75) is 20.1 Å². The molecule has 0 atom stereocenters. The summed E-state index contributed by atoms with van der Waals surface area (Å²) in [6.07, 6.45) is 0. The number of aryl methyl sites for hydroxylation is 1. The van der Waals surface area contributed by atoms with Gasteiger partial charge in [-0.2, -0.15) is 8.78 Å². The van der Waals surface area contributed by atoms with Crippen LogP contribution in [0.2, 0.25) is 0 Å². The van der Waals surface area contributed by atoms with Crippen LogP contribution in [0.5, 0.6) is 11.5 Å². The molecule has 0 saturated carbocycles. The van der Waals surface area contributed by atoms with Crippen LogP contribution in [0.4, 0.5) is 23.2 Å². The zero-order valence-electron chi connectivity index (χ0n) is 15.0. The lowest BCUT2D eigenvalue weighted by Crippen LogP contribution is -2.13. The number of carbonyl (C=O) groups is 1. The molecule has 0 aliphatic heterocycles. The molecule has 0 fully saturated rings. The summed E-state index contributed by atoms with van der Waals surface area (Å²) in [6, 6.07) is 9.01. The highest BCUT2D eigenvalue weighted by molar-refractivity contribution is 7.12. The normalized spacial score (nSPS) is 10.8. The molecule has 152 valence electrons. The Morgan fingerprint density at radius 2 is 1.90 bits per heavy atom. The maximum Gasteiger partial charge on any atom is 0.387 e. The van der Waals surface area contributed by atoms with Crippen LogP contribution in [-0.2, 0) is 6.61 Å². The Balaban J connectivity index is 1.66. The van der Waals surface area contributed by atoms with Crippen molar-refractivity contribution in [3.05, 3.63) is 75.5 Å². The topological polar surface area (TPSA) is 47.6 Å². The maximum atomic E-state index is 13.6. The molecule has 1 heterocycles. The SMILES string of the molecule is Cc1ccc(NC(=O)c2cc(COc3ccc(F)cc3F)cs2)c(OC(F)F)c1. The van der Waals surface area contributed by atoms with Gasteiger partial charge in [0.2, 0.25) is 0 Å². The van der Waals surface area contributed by atoms with Crippen LogP contribution in [0.25, 0.3) is 0 Å². The molecule has 4 nitrogen and oxygen atoms in total. The second kappa shape index (κ2) is 8.95. The number of rotatable bonds is 7. The lowest BCUT2D eigenvalue weighted by atomic mass is 10.2. The van der Waals surface area contributed by atoms with E-state index in [1.165, 1.54) is 24.3 Å². The van der Waals surface area contributed by atoms with Crippen LogP contribution in [0, 0.1) is 18.6 Å². The van der Waals surface area contributed by atoms with Crippen LogP contribution in [0.15, 0.2) is 47.8 Å². The molecular weight excluding hydrogens is 410 g/mol. The molecule has 1 amide bonds. The molecule has 0 bridgehead atoms. The number of nitrogens with one attached hydrogen (secondary N) is 1. The first-order chi connectivity index (χ1) is 13.8. The van der Waals surface area contributed by atoms with Crippen molar-refractivity contribution in [2.24, 2.45) is 0 Å². The quantitative estimate of drug-likeness (QED) is 0.489. The molecule has 0 unspecified atom stereocenters. The van der Waals surface area contributed by atoms with E-state index in [2.05, 4.69) is 10.1 Å². The fourth-order valence-electron chi connectivity index (χ4n) is 2.43. The minimum Gasteiger partial charge on any atom is -0.486 e. The Labute approximate surface area is 167 Å². The minimum absolute atomic E-state index is 0.0311. The zero-order chi connectivity index (χ0) is 21.0. The predicted molar refractivity (Wildman–Crippen MR) is 101 cm³/mol. The van der Waals surface area contributed by atoms with E-state index in [1.807, 2.05) is 0 Å². The first-order valence-corrected chi connectivity index (χ1v) is 9.22. The third-order valence-electron chi connectivity index (χ3n) is 3.77. The summed E-state index contributed by atoms with van der Waals surface area (Å²) in [5.41, 5.74) is 1.40. The molecule has 29 heavy (non-hydrogen) atoms. The number of carbonyl (C=O) groups excluding carboxylic acids is 1. The number of anilines is 1. The number of benzene rings is 2.